The van der Waals surface area contributed by atoms with E-state index in [4.69, 9.17) is 4.74 Å². The van der Waals surface area contributed by atoms with Gasteiger partial charge in [-0.15, -0.1) is 0 Å². The smallest absolute Gasteiger partial charge is 0.343 e. The van der Waals surface area contributed by atoms with Crippen LogP contribution < -0.4 is 4.74 Å². The molecule has 0 spiro atoms. The number of rotatable bonds is 9. The van der Waals surface area contributed by atoms with Crippen molar-refractivity contribution in [2.24, 2.45) is 0 Å². The van der Waals surface area contributed by atoms with E-state index in [1.165, 1.54) is 36.0 Å². The lowest BCUT2D eigenvalue weighted by Gasteiger charge is -2.08. The van der Waals surface area contributed by atoms with Gasteiger partial charge in [0.25, 0.3) is 0 Å². The number of carbonyl (C=O) groups excluding carboxylic acids is 1. The minimum Gasteiger partial charge on any atom is -0.423 e. The Kier molecular flexibility index (Phi) is 7.63. The lowest BCUT2D eigenvalue weighted by Crippen LogP contribution is -2.08. The molecule has 3 aromatic rings. The van der Waals surface area contributed by atoms with Crippen molar-refractivity contribution >= 4 is 5.97 Å². The van der Waals surface area contributed by atoms with E-state index in [-0.39, 0.29) is 5.97 Å². The van der Waals surface area contributed by atoms with Crippen molar-refractivity contribution in [3.05, 3.63) is 89.5 Å². The first kappa shape index (κ1) is 20.9. The minimum atomic E-state index is -0.319. The summed E-state index contributed by atoms with van der Waals surface area (Å²) in [6, 6.07) is 24.1. The van der Waals surface area contributed by atoms with E-state index in [0.29, 0.717) is 11.3 Å². The number of esters is 1. The van der Waals surface area contributed by atoms with Gasteiger partial charge in [0.15, 0.2) is 0 Å². The molecule has 0 unspecified atom stereocenters. The first-order valence-electron chi connectivity index (χ1n) is 10.7. The molecule has 2 heteroatoms. The molecular weight excluding hydrogens is 356 g/mol. The van der Waals surface area contributed by atoms with Gasteiger partial charge in [-0.05, 0) is 72.2 Å². The van der Waals surface area contributed by atoms with Crippen LogP contribution in [0.25, 0.3) is 11.1 Å². The Labute approximate surface area is 174 Å². The van der Waals surface area contributed by atoms with E-state index in [1.807, 2.05) is 48.5 Å². The zero-order chi connectivity index (χ0) is 20.5. The van der Waals surface area contributed by atoms with Crippen LogP contribution in [0, 0.1) is 0 Å². The second-order valence-electron chi connectivity index (χ2n) is 7.51. The Bertz CT molecular complexity index is 891. The van der Waals surface area contributed by atoms with Crippen LogP contribution in [-0.4, -0.2) is 5.97 Å². The fraction of sp³-hybridized carbons (Fsp3) is 0.296. The fourth-order valence-electron chi connectivity index (χ4n) is 3.31. The van der Waals surface area contributed by atoms with E-state index in [1.54, 1.807) is 0 Å². The van der Waals surface area contributed by atoms with Gasteiger partial charge in [-0.1, -0.05) is 75.2 Å². The molecule has 0 saturated carbocycles. The average molecular weight is 387 g/mol. The lowest BCUT2D eigenvalue weighted by molar-refractivity contribution is 0.0735. The van der Waals surface area contributed by atoms with Crippen LogP contribution >= 0.6 is 0 Å². The van der Waals surface area contributed by atoms with E-state index in [0.717, 1.165) is 24.8 Å². The lowest BCUT2D eigenvalue weighted by atomic mass is 10.0. The molecule has 0 N–H and O–H groups in total. The van der Waals surface area contributed by atoms with Gasteiger partial charge in [0.2, 0.25) is 0 Å². The van der Waals surface area contributed by atoms with Crippen molar-refractivity contribution in [3.63, 3.8) is 0 Å². The first-order chi connectivity index (χ1) is 14.2. The number of carbonyl (C=O) groups is 1. The molecule has 0 heterocycles. The summed E-state index contributed by atoms with van der Waals surface area (Å²) in [6.07, 6.45) is 6.95. The molecule has 0 aliphatic rings. The Morgan fingerprint density at radius 1 is 0.655 bits per heavy atom. The summed E-state index contributed by atoms with van der Waals surface area (Å²) in [4.78, 5) is 12.4. The third-order valence-corrected chi connectivity index (χ3v) is 5.18. The van der Waals surface area contributed by atoms with Crippen LogP contribution in [0.5, 0.6) is 5.75 Å². The number of hydrogen-bond acceptors (Lipinski definition) is 2. The summed E-state index contributed by atoms with van der Waals surface area (Å²) in [5.74, 6) is 0.244. The summed E-state index contributed by atoms with van der Waals surface area (Å²) in [7, 11) is 0. The maximum atomic E-state index is 12.4. The van der Waals surface area contributed by atoms with Gasteiger partial charge in [-0.3, -0.25) is 0 Å². The van der Waals surface area contributed by atoms with E-state index < -0.39 is 0 Å². The quantitative estimate of drug-likeness (QED) is 0.286. The molecule has 0 radical (unpaired) electrons. The number of unbranched alkanes of at least 4 members (excludes halogenated alkanes) is 2. The van der Waals surface area contributed by atoms with Crippen molar-refractivity contribution in [1.82, 2.24) is 0 Å². The standard InChI is InChI=1S/C27H30O2/c1-3-5-7-21-9-13-23(14-10-21)24-17-19-26(20-18-24)29-27(28)25-15-11-22(12-16-25)8-6-4-2/h9-20H,3-8H2,1-2H3. The number of hydrogen-bond donors (Lipinski definition) is 0. The SMILES string of the molecule is CCCCc1ccc(C(=O)Oc2ccc(-c3ccc(CCCC)cc3)cc2)cc1. The van der Waals surface area contributed by atoms with E-state index in [2.05, 4.69) is 38.1 Å². The molecular formula is C27H30O2. The maximum absolute atomic E-state index is 12.4. The van der Waals surface area contributed by atoms with Crippen LogP contribution in [0.3, 0.4) is 0 Å². The number of aryl methyl sites for hydroxylation is 2. The summed E-state index contributed by atoms with van der Waals surface area (Å²) >= 11 is 0. The van der Waals surface area contributed by atoms with E-state index in [9.17, 15) is 4.79 Å². The maximum Gasteiger partial charge on any atom is 0.343 e. The molecule has 2 nitrogen and oxygen atoms in total. The van der Waals surface area contributed by atoms with Crippen LogP contribution in [0.2, 0.25) is 0 Å². The molecule has 0 atom stereocenters. The Balaban J connectivity index is 1.60. The second kappa shape index (κ2) is 10.6. The van der Waals surface area contributed by atoms with E-state index >= 15 is 0 Å². The highest BCUT2D eigenvalue weighted by Gasteiger charge is 2.09. The average Bonchev–Trinajstić information content (AvgIpc) is 2.77. The number of ether oxygens (including phenoxy) is 1. The molecule has 3 rings (SSSR count). The normalized spacial score (nSPS) is 10.7. The van der Waals surface area contributed by atoms with Gasteiger partial charge in [0.1, 0.15) is 5.75 Å². The molecule has 3 aromatic carbocycles. The molecule has 0 aliphatic carbocycles. The van der Waals surface area contributed by atoms with Crippen LogP contribution in [0.4, 0.5) is 0 Å². The highest BCUT2D eigenvalue weighted by molar-refractivity contribution is 5.91. The minimum absolute atomic E-state index is 0.319. The van der Waals surface area contributed by atoms with Gasteiger partial charge in [-0.2, -0.15) is 0 Å². The number of benzene rings is 3. The summed E-state index contributed by atoms with van der Waals surface area (Å²) in [5.41, 5.74) is 5.50. The van der Waals surface area contributed by atoms with Crippen LogP contribution in [-0.2, 0) is 12.8 Å². The molecule has 0 amide bonds. The third-order valence-electron chi connectivity index (χ3n) is 5.18. The molecule has 150 valence electrons. The van der Waals surface area contributed by atoms with Gasteiger partial charge in [-0.25, -0.2) is 4.79 Å². The van der Waals surface area contributed by atoms with Crippen molar-refractivity contribution in [2.75, 3.05) is 0 Å². The Morgan fingerprint density at radius 2 is 1.10 bits per heavy atom. The summed E-state index contributed by atoms with van der Waals surface area (Å²) in [5, 5.41) is 0. The predicted octanol–water partition coefficient (Wildman–Crippen LogP) is 7.26. The molecule has 0 bridgehead atoms. The predicted molar refractivity (Wildman–Crippen MR) is 121 cm³/mol. The summed E-state index contributed by atoms with van der Waals surface area (Å²) in [6.45, 7) is 4.39. The van der Waals surface area contributed by atoms with Crippen molar-refractivity contribution in [1.29, 1.82) is 0 Å². The van der Waals surface area contributed by atoms with Crippen LogP contribution in [0.15, 0.2) is 72.8 Å². The Morgan fingerprint density at radius 3 is 1.59 bits per heavy atom. The molecule has 0 fully saturated rings. The van der Waals surface area contributed by atoms with Crippen molar-refractivity contribution in [2.45, 2.75) is 52.4 Å². The highest BCUT2D eigenvalue weighted by atomic mass is 16.5. The molecule has 29 heavy (non-hydrogen) atoms. The molecule has 0 saturated heterocycles. The topological polar surface area (TPSA) is 26.3 Å². The van der Waals surface area contributed by atoms with Gasteiger partial charge >= 0.3 is 5.97 Å². The van der Waals surface area contributed by atoms with Crippen LogP contribution in [0.1, 0.15) is 61.0 Å². The van der Waals surface area contributed by atoms with Gasteiger partial charge in [0, 0.05) is 0 Å². The largest absolute Gasteiger partial charge is 0.423 e. The first-order valence-corrected chi connectivity index (χ1v) is 10.7. The zero-order valence-electron chi connectivity index (χ0n) is 17.5. The highest BCUT2D eigenvalue weighted by Crippen LogP contribution is 2.24. The molecule has 0 aromatic heterocycles. The van der Waals surface area contributed by atoms with Crippen molar-refractivity contribution < 1.29 is 9.53 Å². The van der Waals surface area contributed by atoms with Gasteiger partial charge < -0.3 is 4.74 Å². The monoisotopic (exact) mass is 386 g/mol. The fourth-order valence-corrected chi connectivity index (χ4v) is 3.31. The Hall–Kier alpha value is -2.87. The third kappa shape index (κ3) is 6.05. The molecule has 0 aliphatic heterocycles. The summed E-state index contributed by atoms with van der Waals surface area (Å²) < 4.78 is 5.54. The van der Waals surface area contributed by atoms with Gasteiger partial charge in [0.05, 0.1) is 5.56 Å². The zero-order valence-corrected chi connectivity index (χ0v) is 17.5. The second-order valence-corrected chi connectivity index (χ2v) is 7.51. The van der Waals surface area contributed by atoms with Crippen molar-refractivity contribution in [3.8, 4) is 16.9 Å².